The van der Waals surface area contributed by atoms with E-state index in [2.05, 4.69) is 5.10 Å². The van der Waals surface area contributed by atoms with Crippen molar-refractivity contribution in [2.24, 2.45) is 7.05 Å². The minimum Gasteiger partial charge on any atom is -0.339 e. The Morgan fingerprint density at radius 1 is 1.03 bits per heavy atom. The number of halogens is 3. The van der Waals surface area contributed by atoms with Crippen molar-refractivity contribution >= 4 is 5.91 Å². The molecule has 1 saturated carbocycles. The molecule has 6 nitrogen and oxygen atoms in total. The fourth-order valence-corrected chi connectivity index (χ4v) is 4.61. The van der Waals surface area contributed by atoms with E-state index in [1.54, 1.807) is 11.9 Å². The van der Waals surface area contributed by atoms with Gasteiger partial charge in [-0.15, -0.1) is 0 Å². The summed E-state index contributed by atoms with van der Waals surface area (Å²) < 4.78 is 41.4. The Labute approximate surface area is 172 Å². The summed E-state index contributed by atoms with van der Waals surface area (Å²) in [4.78, 5) is 27.0. The zero-order valence-corrected chi connectivity index (χ0v) is 16.9. The first kappa shape index (κ1) is 20.7. The summed E-state index contributed by atoms with van der Waals surface area (Å²) in [6, 6.07) is 4.54. The smallest absolute Gasteiger partial charge is 0.339 e. The predicted octanol–water partition coefficient (Wildman–Crippen LogP) is 3.74. The molecule has 30 heavy (non-hydrogen) atoms. The Kier molecular flexibility index (Phi) is 5.46. The molecule has 1 aromatic carbocycles. The molecular weight excluding hydrogens is 397 g/mol. The van der Waals surface area contributed by atoms with Gasteiger partial charge in [0.05, 0.1) is 5.56 Å². The number of hydrogen-bond donors (Lipinski definition) is 0. The molecule has 0 spiro atoms. The Morgan fingerprint density at radius 2 is 1.63 bits per heavy atom. The van der Waals surface area contributed by atoms with Crippen LogP contribution < -0.4 is 5.69 Å². The molecular formula is C21H25F3N4O2. The molecule has 1 aliphatic carbocycles. The average molecular weight is 422 g/mol. The van der Waals surface area contributed by atoms with Crippen molar-refractivity contribution < 1.29 is 18.0 Å². The second kappa shape index (κ2) is 7.92. The van der Waals surface area contributed by atoms with Crippen LogP contribution in [0.2, 0.25) is 0 Å². The topological polar surface area (TPSA) is 60.1 Å². The maximum Gasteiger partial charge on any atom is 0.416 e. The van der Waals surface area contributed by atoms with Crippen molar-refractivity contribution in [1.82, 2.24) is 19.2 Å². The highest BCUT2D eigenvalue weighted by molar-refractivity contribution is 5.94. The van der Waals surface area contributed by atoms with Crippen LogP contribution in [0, 0.1) is 0 Å². The van der Waals surface area contributed by atoms with Crippen molar-refractivity contribution in [3.8, 4) is 0 Å². The van der Waals surface area contributed by atoms with Crippen LogP contribution in [-0.2, 0) is 13.2 Å². The molecule has 2 fully saturated rings. The van der Waals surface area contributed by atoms with E-state index in [9.17, 15) is 22.8 Å². The van der Waals surface area contributed by atoms with Gasteiger partial charge in [0.2, 0.25) is 0 Å². The summed E-state index contributed by atoms with van der Waals surface area (Å²) >= 11 is 0. The van der Waals surface area contributed by atoms with Gasteiger partial charge < -0.3 is 4.90 Å². The Hall–Kier alpha value is -2.58. The molecule has 1 saturated heterocycles. The first-order valence-electron chi connectivity index (χ1n) is 10.4. The maximum atomic E-state index is 12.7. The lowest BCUT2D eigenvalue weighted by atomic mass is 9.95. The van der Waals surface area contributed by atoms with Crippen LogP contribution >= 0.6 is 0 Å². The van der Waals surface area contributed by atoms with Crippen molar-refractivity contribution in [2.75, 3.05) is 13.1 Å². The lowest BCUT2D eigenvalue weighted by molar-refractivity contribution is -0.137. The van der Waals surface area contributed by atoms with Crippen molar-refractivity contribution in [2.45, 2.75) is 56.7 Å². The maximum absolute atomic E-state index is 12.7. The second-order valence-electron chi connectivity index (χ2n) is 8.21. The molecule has 2 heterocycles. The van der Waals surface area contributed by atoms with Gasteiger partial charge in [-0.3, -0.25) is 9.36 Å². The largest absolute Gasteiger partial charge is 0.416 e. The van der Waals surface area contributed by atoms with Gasteiger partial charge in [0.15, 0.2) is 0 Å². The summed E-state index contributed by atoms with van der Waals surface area (Å²) in [6.07, 6.45) is 1.15. The van der Waals surface area contributed by atoms with Gasteiger partial charge in [0, 0.05) is 37.7 Å². The molecule has 2 aliphatic rings. The van der Waals surface area contributed by atoms with Crippen LogP contribution in [0.1, 0.15) is 72.2 Å². The third-order valence-corrected chi connectivity index (χ3v) is 6.28. The number of carbonyl (C=O) groups excluding carboxylic acids is 1. The lowest BCUT2D eigenvalue weighted by Crippen LogP contribution is -2.38. The third kappa shape index (κ3) is 3.89. The van der Waals surface area contributed by atoms with E-state index in [-0.39, 0.29) is 29.1 Å². The van der Waals surface area contributed by atoms with Crippen LogP contribution in [-0.4, -0.2) is 38.2 Å². The molecule has 2 aromatic rings. The van der Waals surface area contributed by atoms with Crippen LogP contribution in [0.5, 0.6) is 0 Å². The summed E-state index contributed by atoms with van der Waals surface area (Å²) in [5.74, 6) is 0.628. The SMILES string of the molecule is Cn1nc(C2CCN(C(=O)c3ccc(C(F)(F)F)cc3)CC2)n(C2CCCC2)c1=O. The van der Waals surface area contributed by atoms with Crippen molar-refractivity contribution in [1.29, 1.82) is 0 Å². The number of carbonyl (C=O) groups is 1. The number of nitrogens with zero attached hydrogens (tertiary/aromatic N) is 4. The number of aryl methyl sites for hydroxylation is 1. The second-order valence-corrected chi connectivity index (χ2v) is 8.21. The van der Waals surface area contributed by atoms with E-state index in [4.69, 9.17) is 0 Å². The highest BCUT2D eigenvalue weighted by Crippen LogP contribution is 2.34. The van der Waals surface area contributed by atoms with Gasteiger partial charge in [-0.25, -0.2) is 9.48 Å². The van der Waals surface area contributed by atoms with E-state index < -0.39 is 11.7 Å². The summed E-state index contributed by atoms with van der Waals surface area (Å²) in [6.45, 7) is 0.972. The van der Waals surface area contributed by atoms with E-state index in [1.165, 1.54) is 16.8 Å². The highest BCUT2D eigenvalue weighted by Gasteiger charge is 2.33. The molecule has 0 unspecified atom stereocenters. The zero-order chi connectivity index (χ0) is 21.5. The van der Waals surface area contributed by atoms with Crippen molar-refractivity contribution in [3.63, 3.8) is 0 Å². The fraction of sp³-hybridized carbons (Fsp3) is 0.571. The summed E-state index contributed by atoms with van der Waals surface area (Å²) in [5, 5.41) is 4.50. The Morgan fingerprint density at radius 3 is 2.20 bits per heavy atom. The van der Waals surface area contributed by atoms with Gasteiger partial charge in [-0.2, -0.15) is 18.3 Å². The summed E-state index contributed by atoms with van der Waals surface area (Å²) in [7, 11) is 1.67. The average Bonchev–Trinajstić information content (AvgIpc) is 3.35. The minimum absolute atomic E-state index is 0.0832. The third-order valence-electron chi connectivity index (χ3n) is 6.28. The number of amides is 1. The van der Waals surface area contributed by atoms with Gasteiger partial charge in [0.1, 0.15) is 5.82 Å². The summed E-state index contributed by atoms with van der Waals surface area (Å²) in [5.41, 5.74) is -0.597. The number of hydrogen-bond acceptors (Lipinski definition) is 3. The molecule has 4 rings (SSSR count). The van der Waals surface area contributed by atoms with E-state index >= 15 is 0 Å². The lowest BCUT2D eigenvalue weighted by Gasteiger charge is -2.32. The fourth-order valence-electron chi connectivity index (χ4n) is 4.61. The number of piperidine rings is 1. The molecule has 0 atom stereocenters. The Balaban J connectivity index is 1.45. The number of aromatic nitrogens is 3. The van der Waals surface area contributed by atoms with Crippen LogP contribution in [0.15, 0.2) is 29.1 Å². The van der Waals surface area contributed by atoms with Crippen LogP contribution in [0.3, 0.4) is 0 Å². The minimum atomic E-state index is -4.42. The monoisotopic (exact) mass is 422 g/mol. The molecule has 0 N–H and O–H groups in total. The molecule has 162 valence electrons. The van der Waals surface area contributed by atoms with E-state index in [0.29, 0.717) is 25.9 Å². The number of benzene rings is 1. The number of rotatable bonds is 3. The first-order valence-corrected chi connectivity index (χ1v) is 10.4. The number of likely N-dealkylation sites (tertiary alicyclic amines) is 1. The van der Waals surface area contributed by atoms with Gasteiger partial charge in [-0.05, 0) is 49.9 Å². The van der Waals surface area contributed by atoms with E-state index in [1.807, 2.05) is 4.57 Å². The van der Waals surface area contributed by atoms with Crippen molar-refractivity contribution in [3.05, 3.63) is 51.7 Å². The predicted molar refractivity (Wildman–Crippen MR) is 104 cm³/mol. The van der Waals surface area contributed by atoms with Crippen LogP contribution in [0.4, 0.5) is 13.2 Å². The number of alkyl halides is 3. The van der Waals surface area contributed by atoms with E-state index in [0.717, 1.165) is 43.6 Å². The standard InChI is InChI=1S/C21H25F3N4O2/c1-26-20(30)28(17-4-2-3-5-17)18(25-26)14-10-12-27(13-11-14)19(29)15-6-8-16(9-7-15)21(22,23)24/h6-9,14,17H,2-5,10-13H2,1H3. The molecule has 0 radical (unpaired) electrons. The molecule has 1 aromatic heterocycles. The molecule has 9 heteroatoms. The normalized spacial score (nSPS) is 18.9. The van der Waals surface area contributed by atoms with Gasteiger partial charge >= 0.3 is 11.9 Å². The molecule has 1 aliphatic heterocycles. The molecule has 0 bridgehead atoms. The zero-order valence-electron chi connectivity index (χ0n) is 16.9. The molecule has 1 amide bonds. The first-order chi connectivity index (χ1) is 14.3. The highest BCUT2D eigenvalue weighted by atomic mass is 19.4. The van der Waals surface area contributed by atoms with Gasteiger partial charge in [0.25, 0.3) is 5.91 Å². The quantitative estimate of drug-likeness (QED) is 0.757. The Bertz CT molecular complexity index is 964. The van der Waals surface area contributed by atoms with Crippen LogP contribution in [0.25, 0.3) is 0 Å². The van der Waals surface area contributed by atoms with Gasteiger partial charge in [-0.1, -0.05) is 12.8 Å².